The maximum absolute atomic E-state index is 12.9. The lowest BCUT2D eigenvalue weighted by Crippen LogP contribution is -2.49. The van der Waals surface area contributed by atoms with Gasteiger partial charge in [0.05, 0.1) is 24.6 Å². The minimum atomic E-state index is -0.740. The Bertz CT molecular complexity index is 804. The van der Waals surface area contributed by atoms with Crippen LogP contribution >= 0.6 is 31.9 Å². The molecule has 0 spiro atoms. The van der Waals surface area contributed by atoms with Crippen LogP contribution in [0.15, 0.2) is 31.3 Å². The zero-order valence-corrected chi connectivity index (χ0v) is 21.7. The minimum Gasteiger partial charge on any atom is -0.457 e. The molecule has 0 radical (unpaired) electrons. The van der Waals surface area contributed by atoms with Gasteiger partial charge in [0.15, 0.2) is 5.76 Å². The van der Waals surface area contributed by atoms with E-state index in [1.54, 1.807) is 29.8 Å². The van der Waals surface area contributed by atoms with E-state index in [0.717, 1.165) is 0 Å². The topological polar surface area (TPSA) is 110 Å². The number of esters is 2. The van der Waals surface area contributed by atoms with Crippen LogP contribution in [0.5, 0.6) is 0 Å². The molecule has 2 aliphatic rings. The van der Waals surface area contributed by atoms with Crippen molar-refractivity contribution in [1.82, 2.24) is 9.91 Å². The summed E-state index contributed by atoms with van der Waals surface area (Å²) in [6.45, 7) is 7.31. The number of allylic oxidation sites excluding steroid dienone is 1. The Labute approximate surface area is 204 Å². The molecule has 178 valence electrons. The standard InChI is InChI=1S/C20H28Br2N4O6/c1-5-6-15(14-11-16(17(21)22)32-20(14)29)31-19(28)13(3)12(2)18(27)25-7-9-26(10-8-25)23-24-30-4/h11-13,15H,5-10H2,1-4H3/b24-23+. The third-order valence-electron chi connectivity index (χ3n) is 5.39. The summed E-state index contributed by atoms with van der Waals surface area (Å²) >= 11 is 6.42. The van der Waals surface area contributed by atoms with Gasteiger partial charge in [0.25, 0.3) is 0 Å². The van der Waals surface area contributed by atoms with Crippen molar-refractivity contribution in [2.24, 2.45) is 22.3 Å². The van der Waals surface area contributed by atoms with E-state index >= 15 is 0 Å². The highest BCUT2D eigenvalue weighted by molar-refractivity contribution is 9.28. The number of amides is 1. The van der Waals surface area contributed by atoms with Crippen molar-refractivity contribution in [3.63, 3.8) is 0 Å². The fourth-order valence-electron chi connectivity index (χ4n) is 3.29. The molecule has 32 heavy (non-hydrogen) atoms. The molecular formula is C20H28Br2N4O6. The Morgan fingerprint density at radius 3 is 2.38 bits per heavy atom. The van der Waals surface area contributed by atoms with Crippen LogP contribution in [0.2, 0.25) is 0 Å². The highest BCUT2D eigenvalue weighted by atomic mass is 79.9. The first-order chi connectivity index (χ1) is 15.2. The zero-order valence-electron chi connectivity index (χ0n) is 18.5. The number of cyclic esters (lactones) is 1. The van der Waals surface area contributed by atoms with E-state index in [1.165, 1.54) is 7.11 Å². The van der Waals surface area contributed by atoms with Gasteiger partial charge in [0, 0.05) is 24.3 Å². The van der Waals surface area contributed by atoms with Crippen LogP contribution in [-0.2, 0) is 28.7 Å². The third-order valence-corrected chi connectivity index (χ3v) is 6.17. The van der Waals surface area contributed by atoms with Gasteiger partial charge in [-0.1, -0.05) is 27.2 Å². The third kappa shape index (κ3) is 6.77. The lowest BCUT2D eigenvalue weighted by molar-refractivity contribution is -0.158. The van der Waals surface area contributed by atoms with Crippen molar-refractivity contribution in [2.75, 3.05) is 33.3 Å². The number of hydrogen-bond acceptors (Lipinski definition) is 8. The SMILES string of the molecule is CCCC(OC(=O)C(C)C(C)C(=O)N1CCN(/N=N/OC)CC1)C1=CC(=C(Br)Br)OC1=O. The number of hydrogen-bond donors (Lipinski definition) is 0. The lowest BCUT2D eigenvalue weighted by atomic mass is 9.94. The van der Waals surface area contributed by atoms with Crippen molar-refractivity contribution in [1.29, 1.82) is 0 Å². The Morgan fingerprint density at radius 1 is 1.19 bits per heavy atom. The first-order valence-electron chi connectivity index (χ1n) is 10.4. The molecule has 10 nitrogen and oxygen atoms in total. The molecule has 1 fully saturated rings. The number of ether oxygens (including phenoxy) is 2. The van der Waals surface area contributed by atoms with E-state index in [-0.39, 0.29) is 11.5 Å². The molecule has 2 rings (SSSR count). The van der Waals surface area contributed by atoms with E-state index in [4.69, 9.17) is 9.47 Å². The predicted molar refractivity (Wildman–Crippen MR) is 122 cm³/mol. The number of carbonyl (C=O) groups is 3. The smallest absolute Gasteiger partial charge is 0.343 e. The Morgan fingerprint density at radius 2 is 1.84 bits per heavy atom. The predicted octanol–water partition coefficient (Wildman–Crippen LogP) is 3.49. The molecule has 0 bridgehead atoms. The summed E-state index contributed by atoms with van der Waals surface area (Å²) in [6, 6.07) is 0. The second-order valence-corrected chi connectivity index (χ2v) is 10.2. The van der Waals surface area contributed by atoms with E-state index in [2.05, 4.69) is 47.2 Å². The van der Waals surface area contributed by atoms with E-state index < -0.39 is 29.9 Å². The monoisotopic (exact) mass is 578 g/mol. The Hall–Kier alpha value is -1.95. The molecule has 0 aliphatic carbocycles. The second-order valence-electron chi connectivity index (χ2n) is 7.54. The molecule has 2 heterocycles. The largest absolute Gasteiger partial charge is 0.457 e. The van der Waals surface area contributed by atoms with Gasteiger partial charge in [0.1, 0.15) is 16.6 Å². The quantitative estimate of drug-likeness (QED) is 0.233. The van der Waals surface area contributed by atoms with Crippen molar-refractivity contribution >= 4 is 49.7 Å². The van der Waals surface area contributed by atoms with Crippen molar-refractivity contribution in [3.05, 3.63) is 20.8 Å². The van der Waals surface area contributed by atoms with Crippen molar-refractivity contribution in [2.45, 2.75) is 39.7 Å². The van der Waals surface area contributed by atoms with E-state index in [0.29, 0.717) is 48.2 Å². The number of halogens is 2. The molecule has 0 saturated carbocycles. The van der Waals surface area contributed by atoms with Gasteiger partial charge in [-0.25, -0.2) is 4.79 Å². The summed E-state index contributed by atoms with van der Waals surface area (Å²) < 4.78 is 11.3. The van der Waals surface area contributed by atoms with Gasteiger partial charge in [-0.05, 0) is 49.6 Å². The summed E-state index contributed by atoms with van der Waals surface area (Å²) in [5.41, 5.74) is 0.277. The lowest BCUT2D eigenvalue weighted by Gasteiger charge is -2.34. The molecule has 0 aromatic carbocycles. The number of nitrogens with zero attached hydrogens (tertiary/aromatic N) is 4. The maximum atomic E-state index is 12.9. The highest BCUT2D eigenvalue weighted by Gasteiger charge is 2.36. The summed E-state index contributed by atoms with van der Waals surface area (Å²) in [5.74, 6) is -2.14. The normalized spacial score (nSPS) is 19.4. The second kappa shape index (κ2) is 12.3. The first-order valence-corrected chi connectivity index (χ1v) is 12.0. The maximum Gasteiger partial charge on any atom is 0.343 e. The van der Waals surface area contributed by atoms with Gasteiger partial charge in [-0.15, -0.1) is 0 Å². The van der Waals surface area contributed by atoms with Gasteiger partial charge >= 0.3 is 11.9 Å². The fraction of sp³-hybridized carbons (Fsp3) is 0.650. The summed E-state index contributed by atoms with van der Waals surface area (Å²) in [7, 11) is 1.42. The van der Waals surface area contributed by atoms with Crippen LogP contribution in [0.25, 0.3) is 0 Å². The highest BCUT2D eigenvalue weighted by Crippen LogP contribution is 2.31. The fourth-order valence-corrected chi connectivity index (χ4v) is 3.68. The van der Waals surface area contributed by atoms with Crippen LogP contribution in [0.4, 0.5) is 0 Å². The van der Waals surface area contributed by atoms with E-state index in [9.17, 15) is 14.4 Å². The molecule has 0 aromatic heterocycles. The summed E-state index contributed by atoms with van der Waals surface area (Å²) in [4.78, 5) is 44.3. The van der Waals surface area contributed by atoms with Crippen LogP contribution < -0.4 is 0 Å². The molecule has 1 saturated heterocycles. The molecule has 0 aromatic rings. The molecular weight excluding hydrogens is 552 g/mol. The average Bonchev–Trinajstić information content (AvgIpc) is 3.18. The zero-order chi connectivity index (χ0) is 23.8. The van der Waals surface area contributed by atoms with Crippen LogP contribution in [-0.4, -0.2) is 67.1 Å². The Balaban J connectivity index is 2.00. The van der Waals surface area contributed by atoms with Crippen molar-refractivity contribution < 1.29 is 28.7 Å². The average molecular weight is 580 g/mol. The van der Waals surface area contributed by atoms with Gasteiger partial charge in [-0.3, -0.25) is 14.6 Å². The van der Waals surface area contributed by atoms with Crippen molar-refractivity contribution in [3.8, 4) is 0 Å². The molecule has 1 amide bonds. The first kappa shape index (κ1) is 26.3. The molecule has 2 aliphatic heterocycles. The number of rotatable bonds is 9. The summed E-state index contributed by atoms with van der Waals surface area (Å²) in [5, 5.41) is 9.09. The summed E-state index contributed by atoms with van der Waals surface area (Å²) in [6.07, 6.45) is 1.97. The molecule has 0 N–H and O–H groups in total. The van der Waals surface area contributed by atoms with Crippen LogP contribution in [0.3, 0.4) is 0 Å². The van der Waals surface area contributed by atoms with Crippen LogP contribution in [0, 0.1) is 11.8 Å². The minimum absolute atomic E-state index is 0.127. The van der Waals surface area contributed by atoms with Gasteiger partial charge in [0.2, 0.25) is 5.91 Å². The van der Waals surface area contributed by atoms with Gasteiger partial charge in [-0.2, -0.15) is 0 Å². The molecule has 3 unspecified atom stereocenters. The molecule has 12 heteroatoms. The number of piperazine rings is 1. The Kier molecular flexibility index (Phi) is 10.1. The van der Waals surface area contributed by atoms with Crippen LogP contribution in [0.1, 0.15) is 33.6 Å². The van der Waals surface area contributed by atoms with E-state index in [1.807, 2.05) is 6.92 Å². The molecule has 3 atom stereocenters. The van der Waals surface area contributed by atoms with Gasteiger partial charge < -0.3 is 19.2 Å². The number of carbonyl (C=O) groups excluding carboxylic acids is 3.